The molecule has 0 aliphatic carbocycles. The number of rotatable bonds is 5. The summed E-state index contributed by atoms with van der Waals surface area (Å²) < 4.78 is 0. The highest BCUT2D eigenvalue weighted by Gasteiger charge is 2.08. The number of nitrogens with one attached hydrogen (secondary N) is 1. The maximum atomic E-state index is 12.0. The molecular weight excluding hydrogens is 328 g/mol. The molecule has 0 unspecified atom stereocenters. The fraction of sp³-hybridized carbons (Fsp3) is 0.211. The van der Waals surface area contributed by atoms with Crippen molar-refractivity contribution >= 4 is 12.1 Å². The van der Waals surface area contributed by atoms with Gasteiger partial charge in [0.1, 0.15) is 6.54 Å². The molecule has 2 aromatic carbocycles. The molecule has 0 spiro atoms. The quantitative estimate of drug-likeness (QED) is 0.567. The molecule has 132 valence electrons. The summed E-state index contributed by atoms with van der Waals surface area (Å²) in [5, 5.41) is 16.1. The topological polar surface area (TPSA) is 85.1 Å². The zero-order valence-electron chi connectivity index (χ0n) is 15.0. The number of tetrazole rings is 1. The lowest BCUT2D eigenvalue weighted by Crippen LogP contribution is -2.24. The van der Waals surface area contributed by atoms with Crippen LogP contribution in [0.1, 0.15) is 22.3 Å². The van der Waals surface area contributed by atoms with E-state index in [-0.39, 0.29) is 12.5 Å². The minimum atomic E-state index is -0.319. The summed E-state index contributed by atoms with van der Waals surface area (Å²) in [5.74, 6) is 0.161. The SMILES string of the molecule is Cc1cc(C)c(C=NNC(=O)Cn2nnc(-c3ccccc3)n2)c(C)c1. The van der Waals surface area contributed by atoms with Crippen LogP contribution in [0, 0.1) is 20.8 Å². The van der Waals surface area contributed by atoms with Crippen LogP contribution < -0.4 is 5.43 Å². The van der Waals surface area contributed by atoms with Crippen LogP contribution in [0.15, 0.2) is 47.6 Å². The van der Waals surface area contributed by atoms with Crippen LogP contribution in [0.25, 0.3) is 11.4 Å². The smallest absolute Gasteiger partial charge is 0.263 e. The van der Waals surface area contributed by atoms with Gasteiger partial charge in [0.15, 0.2) is 0 Å². The minimum Gasteiger partial charge on any atom is -0.271 e. The number of hydrogen-bond acceptors (Lipinski definition) is 5. The van der Waals surface area contributed by atoms with Gasteiger partial charge in [-0.2, -0.15) is 9.90 Å². The van der Waals surface area contributed by atoms with Crippen molar-refractivity contribution in [2.75, 3.05) is 0 Å². The van der Waals surface area contributed by atoms with Crippen molar-refractivity contribution in [2.45, 2.75) is 27.3 Å². The van der Waals surface area contributed by atoms with Crippen LogP contribution in [-0.2, 0) is 11.3 Å². The molecule has 1 aromatic heterocycles. The zero-order valence-corrected chi connectivity index (χ0v) is 15.0. The maximum Gasteiger partial charge on any atom is 0.263 e. The van der Waals surface area contributed by atoms with E-state index in [0.717, 1.165) is 22.3 Å². The van der Waals surface area contributed by atoms with E-state index >= 15 is 0 Å². The molecule has 26 heavy (non-hydrogen) atoms. The summed E-state index contributed by atoms with van der Waals surface area (Å²) in [5.41, 5.74) is 7.78. The Morgan fingerprint density at radius 3 is 2.54 bits per heavy atom. The Labute approximate surface area is 151 Å². The number of hydrogen-bond donors (Lipinski definition) is 1. The average molecular weight is 348 g/mol. The van der Waals surface area contributed by atoms with Crippen LogP contribution in [0.2, 0.25) is 0 Å². The number of nitrogens with zero attached hydrogens (tertiary/aromatic N) is 5. The van der Waals surface area contributed by atoms with Crippen LogP contribution in [0.3, 0.4) is 0 Å². The second kappa shape index (κ2) is 7.69. The molecule has 1 heterocycles. The van der Waals surface area contributed by atoms with Gasteiger partial charge >= 0.3 is 0 Å². The predicted molar refractivity (Wildman–Crippen MR) is 99.6 cm³/mol. The Hall–Kier alpha value is -3.35. The lowest BCUT2D eigenvalue weighted by Gasteiger charge is -2.06. The van der Waals surface area contributed by atoms with Crippen molar-refractivity contribution in [1.29, 1.82) is 0 Å². The number of aromatic nitrogens is 4. The van der Waals surface area contributed by atoms with Crippen LogP contribution in [-0.4, -0.2) is 32.3 Å². The highest BCUT2D eigenvalue weighted by Crippen LogP contribution is 2.14. The Morgan fingerprint density at radius 1 is 1.15 bits per heavy atom. The van der Waals surface area contributed by atoms with Crippen molar-refractivity contribution in [3.63, 3.8) is 0 Å². The van der Waals surface area contributed by atoms with E-state index in [1.807, 2.05) is 44.2 Å². The van der Waals surface area contributed by atoms with Crippen molar-refractivity contribution in [2.24, 2.45) is 5.10 Å². The van der Waals surface area contributed by atoms with E-state index in [0.29, 0.717) is 5.82 Å². The van der Waals surface area contributed by atoms with Crippen LogP contribution in [0.4, 0.5) is 0 Å². The fourth-order valence-electron chi connectivity index (χ4n) is 2.74. The van der Waals surface area contributed by atoms with Gasteiger partial charge in [0.05, 0.1) is 6.21 Å². The molecule has 0 bridgehead atoms. The van der Waals surface area contributed by atoms with Gasteiger partial charge in [0, 0.05) is 11.1 Å². The van der Waals surface area contributed by atoms with Crippen LogP contribution in [0.5, 0.6) is 0 Å². The first-order chi connectivity index (χ1) is 12.5. The maximum absolute atomic E-state index is 12.0. The number of benzene rings is 2. The van der Waals surface area contributed by atoms with Crippen molar-refractivity contribution < 1.29 is 4.79 Å². The number of carbonyl (C=O) groups is 1. The fourth-order valence-corrected chi connectivity index (χ4v) is 2.74. The van der Waals surface area contributed by atoms with E-state index in [4.69, 9.17) is 0 Å². The lowest BCUT2D eigenvalue weighted by atomic mass is 10.0. The average Bonchev–Trinajstić information content (AvgIpc) is 3.06. The molecule has 0 fully saturated rings. The molecule has 1 amide bonds. The third-order valence-electron chi connectivity index (χ3n) is 3.89. The molecule has 0 saturated heterocycles. The summed E-state index contributed by atoms with van der Waals surface area (Å²) in [7, 11) is 0. The second-order valence-corrected chi connectivity index (χ2v) is 6.12. The Balaban J connectivity index is 1.61. The molecule has 3 aromatic rings. The van der Waals surface area contributed by atoms with Gasteiger partial charge in [-0.1, -0.05) is 48.0 Å². The zero-order chi connectivity index (χ0) is 18.5. The van der Waals surface area contributed by atoms with Gasteiger partial charge in [0.2, 0.25) is 5.82 Å². The van der Waals surface area contributed by atoms with Gasteiger partial charge in [-0.15, -0.1) is 10.2 Å². The normalized spacial score (nSPS) is 11.0. The molecule has 0 saturated carbocycles. The Kier molecular flexibility index (Phi) is 5.17. The van der Waals surface area contributed by atoms with Crippen LogP contribution >= 0.6 is 0 Å². The molecule has 0 aliphatic rings. The third kappa shape index (κ3) is 4.18. The molecule has 0 atom stereocenters. The first kappa shape index (κ1) is 17.5. The van der Waals surface area contributed by atoms with E-state index in [1.54, 1.807) is 6.21 Å². The van der Waals surface area contributed by atoms with E-state index in [2.05, 4.69) is 45.0 Å². The third-order valence-corrected chi connectivity index (χ3v) is 3.89. The second-order valence-electron chi connectivity index (χ2n) is 6.12. The van der Waals surface area contributed by atoms with Gasteiger partial charge in [0.25, 0.3) is 5.91 Å². The Bertz CT molecular complexity index is 923. The number of carbonyl (C=O) groups excluding carboxylic acids is 1. The monoisotopic (exact) mass is 348 g/mol. The molecule has 3 rings (SSSR count). The van der Waals surface area contributed by atoms with Gasteiger partial charge in [-0.25, -0.2) is 5.43 Å². The molecule has 7 nitrogen and oxygen atoms in total. The first-order valence-electron chi connectivity index (χ1n) is 8.26. The van der Waals surface area contributed by atoms with Crippen molar-refractivity contribution in [1.82, 2.24) is 25.6 Å². The van der Waals surface area contributed by atoms with Gasteiger partial charge in [-0.05, 0) is 37.1 Å². The Morgan fingerprint density at radius 2 is 1.85 bits per heavy atom. The summed E-state index contributed by atoms with van der Waals surface area (Å²) in [6, 6.07) is 13.6. The van der Waals surface area contributed by atoms with E-state index in [1.165, 1.54) is 10.4 Å². The van der Waals surface area contributed by atoms with Gasteiger partial charge in [-0.3, -0.25) is 4.79 Å². The summed E-state index contributed by atoms with van der Waals surface area (Å²) >= 11 is 0. The predicted octanol–water partition coefficient (Wildman–Crippen LogP) is 2.42. The summed E-state index contributed by atoms with van der Waals surface area (Å²) in [4.78, 5) is 13.3. The molecule has 0 radical (unpaired) electrons. The van der Waals surface area contributed by atoms with E-state index in [9.17, 15) is 4.79 Å². The molecule has 7 heteroatoms. The largest absolute Gasteiger partial charge is 0.271 e. The van der Waals surface area contributed by atoms with Gasteiger partial charge < -0.3 is 0 Å². The number of hydrazone groups is 1. The standard InChI is InChI=1S/C19H20N6O/c1-13-9-14(2)17(15(3)10-13)11-20-21-18(26)12-25-23-19(22-24-25)16-7-5-4-6-8-16/h4-11H,12H2,1-3H3,(H,21,26). The summed E-state index contributed by atoms with van der Waals surface area (Å²) in [6.45, 7) is 6.04. The highest BCUT2D eigenvalue weighted by molar-refractivity contribution is 5.85. The molecular formula is C19H20N6O. The number of amides is 1. The summed E-state index contributed by atoms with van der Waals surface area (Å²) in [6.07, 6.45) is 1.66. The molecule has 0 aliphatic heterocycles. The first-order valence-corrected chi connectivity index (χ1v) is 8.26. The number of aryl methyl sites for hydroxylation is 3. The minimum absolute atomic E-state index is 0.0525. The van der Waals surface area contributed by atoms with Crippen molar-refractivity contribution in [3.8, 4) is 11.4 Å². The van der Waals surface area contributed by atoms with Crippen molar-refractivity contribution in [3.05, 3.63) is 64.7 Å². The lowest BCUT2D eigenvalue weighted by molar-refractivity contribution is -0.122. The highest BCUT2D eigenvalue weighted by atomic mass is 16.2. The van der Waals surface area contributed by atoms with E-state index < -0.39 is 0 Å². The molecule has 1 N–H and O–H groups in total.